The van der Waals surface area contributed by atoms with Gasteiger partial charge in [-0.05, 0) is 37.2 Å². The topological polar surface area (TPSA) is 33.7 Å². The minimum absolute atomic E-state index is 0.126. The fraction of sp³-hybridized carbons (Fsp3) is 0.625. The molecule has 0 amide bonds. The molecule has 1 aromatic rings. The van der Waals surface area contributed by atoms with Crippen LogP contribution < -0.4 is 10.2 Å². The number of nitrogens with zero attached hydrogens (tertiary/aromatic N) is 1. The van der Waals surface area contributed by atoms with Gasteiger partial charge in [0, 0.05) is 43.5 Å². The van der Waals surface area contributed by atoms with Gasteiger partial charge in [0.25, 0.3) is 0 Å². The van der Waals surface area contributed by atoms with Gasteiger partial charge in [-0.15, -0.1) is 0 Å². The quantitative estimate of drug-likeness (QED) is 0.849. The Bertz CT molecular complexity index is 458. The van der Waals surface area contributed by atoms with Crippen LogP contribution in [-0.4, -0.2) is 46.1 Å². The molecule has 3 atom stereocenters. The van der Waals surface area contributed by atoms with Gasteiger partial charge in [-0.2, -0.15) is 0 Å². The van der Waals surface area contributed by atoms with Crippen LogP contribution in [-0.2, 0) is 9.47 Å². The van der Waals surface area contributed by atoms with Crippen molar-refractivity contribution in [2.24, 2.45) is 0 Å². The highest BCUT2D eigenvalue weighted by Gasteiger charge is 2.34. The molecule has 0 aliphatic carbocycles. The van der Waals surface area contributed by atoms with Gasteiger partial charge in [0.15, 0.2) is 0 Å². The first-order chi connectivity index (χ1) is 10.1. The third kappa shape index (κ3) is 3.77. The molecule has 5 heteroatoms. The zero-order chi connectivity index (χ0) is 15.4. The van der Waals surface area contributed by atoms with Crippen molar-refractivity contribution >= 4 is 21.6 Å². The zero-order valence-corrected chi connectivity index (χ0v) is 14.8. The normalized spacial score (nSPS) is 23.6. The third-order valence-corrected chi connectivity index (χ3v) is 4.62. The van der Waals surface area contributed by atoms with Gasteiger partial charge in [0.05, 0.1) is 0 Å². The molecule has 2 rings (SSSR count). The van der Waals surface area contributed by atoms with Crippen molar-refractivity contribution < 1.29 is 9.47 Å². The average molecular weight is 357 g/mol. The molecule has 1 heterocycles. The average Bonchev–Trinajstić information content (AvgIpc) is 2.90. The standard InChI is InChI=1S/C16H25BrN2O2/c1-5-18-11(2)13-8-12(17)6-7-14(13)19-9-15(20-3)16(10-19)21-4/h6-8,11,15-16,18H,5,9-10H2,1-4H3. The number of hydrogen-bond donors (Lipinski definition) is 1. The van der Waals surface area contributed by atoms with E-state index in [1.165, 1.54) is 11.3 Å². The Labute approximate surface area is 135 Å². The summed E-state index contributed by atoms with van der Waals surface area (Å²) in [7, 11) is 3.51. The number of rotatable bonds is 6. The first-order valence-electron chi connectivity index (χ1n) is 7.44. The van der Waals surface area contributed by atoms with Crippen molar-refractivity contribution in [2.45, 2.75) is 32.1 Å². The minimum atomic E-state index is 0.126. The van der Waals surface area contributed by atoms with Crippen LogP contribution in [0.3, 0.4) is 0 Å². The molecule has 0 radical (unpaired) electrons. The monoisotopic (exact) mass is 356 g/mol. The minimum Gasteiger partial charge on any atom is -0.377 e. The van der Waals surface area contributed by atoms with Gasteiger partial charge in [-0.25, -0.2) is 0 Å². The van der Waals surface area contributed by atoms with Crippen molar-refractivity contribution in [1.82, 2.24) is 5.32 Å². The van der Waals surface area contributed by atoms with E-state index in [4.69, 9.17) is 9.47 Å². The predicted octanol–water partition coefficient (Wildman–Crippen LogP) is 2.97. The van der Waals surface area contributed by atoms with Crippen molar-refractivity contribution in [3.05, 3.63) is 28.2 Å². The predicted molar refractivity (Wildman–Crippen MR) is 90.0 cm³/mol. The molecule has 21 heavy (non-hydrogen) atoms. The lowest BCUT2D eigenvalue weighted by Gasteiger charge is -2.25. The van der Waals surface area contributed by atoms with Gasteiger partial charge in [0.1, 0.15) is 12.2 Å². The highest BCUT2D eigenvalue weighted by molar-refractivity contribution is 9.10. The Kier molecular flexibility index (Phi) is 6.05. The molecule has 1 N–H and O–H groups in total. The Morgan fingerprint density at radius 1 is 1.29 bits per heavy atom. The maximum atomic E-state index is 5.55. The van der Waals surface area contributed by atoms with Crippen LogP contribution in [0.15, 0.2) is 22.7 Å². The van der Waals surface area contributed by atoms with Crippen molar-refractivity contribution in [1.29, 1.82) is 0 Å². The smallest absolute Gasteiger partial charge is 0.102 e. The van der Waals surface area contributed by atoms with E-state index in [0.29, 0.717) is 6.04 Å². The van der Waals surface area contributed by atoms with Crippen molar-refractivity contribution in [2.75, 3.05) is 38.8 Å². The maximum absolute atomic E-state index is 5.55. The Morgan fingerprint density at radius 3 is 2.43 bits per heavy atom. The lowest BCUT2D eigenvalue weighted by molar-refractivity contribution is -0.00461. The van der Waals surface area contributed by atoms with E-state index in [0.717, 1.165) is 24.1 Å². The van der Waals surface area contributed by atoms with Crippen LogP contribution in [0, 0.1) is 0 Å². The molecule has 1 saturated heterocycles. The second kappa shape index (κ2) is 7.58. The summed E-state index contributed by atoms with van der Waals surface area (Å²) in [5.74, 6) is 0. The molecule has 0 saturated carbocycles. The fourth-order valence-corrected chi connectivity index (χ4v) is 3.35. The molecule has 1 aliphatic rings. The number of anilines is 1. The number of methoxy groups -OCH3 is 2. The van der Waals surface area contributed by atoms with Crippen LogP contribution in [0.1, 0.15) is 25.5 Å². The Morgan fingerprint density at radius 2 is 1.90 bits per heavy atom. The molecule has 3 unspecified atom stereocenters. The van der Waals surface area contributed by atoms with E-state index in [1.54, 1.807) is 14.2 Å². The Hall–Kier alpha value is -0.620. The molecule has 0 aromatic heterocycles. The van der Waals surface area contributed by atoms with E-state index in [1.807, 2.05) is 0 Å². The number of benzene rings is 1. The molecule has 1 aromatic carbocycles. The first kappa shape index (κ1) is 16.7. The second-order valence-corrected chi connectivity index (χ2v) is 6.35. The summed E-state index contributed by atoms with van der Waals surface area (Å²) in [6.07, 6.45) is 0.252. The fourth-order valence-electron chi connectivity index (χ4n) is 2.97. The van der Waals surface area contributed by atoms with Crippen LogP contribution in [0.2, 0.25) is 0 Å². The number of hydrogen-bond acceptors (Lipinski definition) is 4. The molecule has 118 valence electrons. The molecule has 4 nitrogen and oxygen atoms in total. The SMILES string of the molecule is CCNC(C)c1cc(Br)ccc1N1CC(OC)C(OC)C1. The summed E-state index contributed by atoms with van der Waals surface area (Å²) < 4.78 is 12.2. The van der Waals surface area contributed by atoms with Gasteiger partial charge in [-0.3, -0.25) is 0 Å². The van der Waals surface area contributed by atoms with E-state index >= 15 is 0 Å². The van der Waals surface area contributed by atoms with E-state index in [-0.39, 0.29) is 12.2 Å². The molecule has 0 bridgehead atoms. The number of ether oxygens (including phenoxy) is 2. The highest BCUT2D eigenvalue weighted by atomic mass is 79.9. The Balaban J connectivity index is 2.27. The van der Waals surface area contributed by atoms with Gasteiger partial charge in [-0.1, -0.05) is 22.9 Å². The summed E-state index contributed by atoms with van der Waals surface area (Å²) in [4.78, 5) is 2.36. The molecular formula is C16H25BrN2O2. The molecule has 0 spiro atoms. The molecular weight excluding hydrogens is 332 g/mol. The molecule has 1 fully saturated rings. The zero-order valence-electron chi connectivity index (χ0n) is 13.2. The second-order valence-electron chi connectivity index (χ2n) is 5.44. The summed E-state index contributed by atoms with van der Waals surface area (Å²) >= 11 is 3.58. The lowest BCUT2D eigenvalue weighted by atomic mass is 10.1. The van der Waals surface area contributed by atoms with Crippen LogP contribution >= 0.6 is 15.9 Å². The summed E-state index contributed by atoms with van der Waals surface area (Å²) in [5.41, 5.74) is 2.56. The highest BCUT2D eigenvalue weighted by Crippen LogP contribution is 2.32. The van der Waals surface area contributed by atoms with Crippen LogP contribution in [0.25, 0.3) is 0 Å². The number of halogens is 1. The largest absolute Gasteiger partial charge is 0.377 e. The first-order valence-corrected chi connectivity index (χ1v) is 8.23. The summed E-state index contributed by atoms with van der Waals surface area (Å²) in [6.45, 7) is 7.01. The molecule has 1 aliphatic heterocycles. The maximum Gasteiger partial charge on any atom is 0.102 e. The van der Waals surface area contributed by atoms with E-state index in [2.05, 4.69) is 58.2 Å². The lowest BCUT2D eigenvalue weighted by Crippen LogP contribution is -2.27. The summed E-state index contributed by atoms with van der Waals surface area (Å²) in [6, 6.07) is 6.78. The van der Waals surface area contributed by atoms with Crippen LogP contribution in [0.4, 0.5) is 5.69 Å². The summed E-state index contributed by atoms with van der Waals surface area (Å²) in [5, 5.41) is 3.49. The van der Waals surface area contributed by atoms with Gasteiger partial charge >= 0.3 is 0 Å². The van der Waals surface area contributed by atoms with Crippen LogP contribution in [0.5, 0.6) is 0 Å². The number of nitrogens with one attached hydrogen (secondary N) is 1. The van der Waals surface area contributed by atoms with Crippen molar-refractivity contribution in [3.63, 3.8) is 0 Å². The third-order valence-electron chi connectivity index (χ3n) is 4.13. The van der Waals surface area contributed by atoms with Gasteiger partial charge in [0.2, 0.25) is 0 Å². The van der Waals surface area contributed by atoms with Gasteiger partial charge < -0.3 is 19.7 Å². The van der Waals surface area contributed by atoms with Crippen molar-refractivity contribution in [3.8, 4) is 0 Å². The van der Waals surface area contributed by atoms with E-state index in [9.17, 15) is 0 Å². The van der Waals surface area contributed by atoms with E-state index < -0.39 is 0 Å².